The number of benzene rings is 1. The normalized spacial score (nSPS) is 11.8. The molecule has 0 radical (unpaired) electrons. The summed E-state index contributed by atoms with van der Waals surface area (Å²) in [4.78, 5) is 16.3. The molecule has 1 amide bonds. The van der Waals surface area contributed by atoms with Crippen LogP contribution in [0.5, 0.6) is 0 Å². The Morgan fingerprint density at radius 2 is 2.04 bits per heavy atom. The lowest BCUT2D eigenvalue weighted by molar-refractivity contribution is -0.122. The van der Waals surface area contributed by atoms with Gasteiger partial charge in [0.1, 0.15) is 11.6 Å². The molecular weight excluding hydrogens is 354 g/mol. The lowest BCUT2D eigenvalue weighted by Gasteiger charge is -2.14. The molecule has 2 rings (SSSR count). The van der Waals surface area contributed by atoms with Crippen molar-refractivity contribution in [2.75, 3.05) is 6.54 Å². The number of hydrogen-bond acceptors (Lipinski definition) is 3. The second kappa shape index (κ2) is 9.81. The minimum absolute atomic E-state index is 0. The molecule has 8 heteroatoms. The molecule has 0 saturated carbocycles. The third-order valence-corrected chi connectivity index (χ3v) is 3.65. The van der Waals surface area contributed by atoms with E-state index in [1.165, 1.54) is 12.1 Å². The van der Waals surface area contributed by atoms with Gasteiger partial charge in [-0.05, 0) is 24.5 Å². The molecule has 0 saturated heterocycles. The molecule has 2 aromatic rings. The number of nitrogens with one attached hydrogen (secondary N) is 1. The Morgan fingerprint density at radius 1 is 1.38 bits per heavy atom. The molecule has 0 aliphatic carbocycles. The van der Waals surface area contributed by atoms with Crippen LogP contribution in [-0.2, 0) is 18.3 Å². The summed E-state index contributed by atoms with van der Waals surface area (Å²) in [5, 5.41) is 2.83. The Hall–Kier alpha value is -1.37. The van der Waals surface area contributed by atoms with Crippen LogP contribution < -0.4 is 11.1 Å². The van der Waals surface area contributed by atoms with E-state index in [1.807, 2.05) is 25.5 Å². The number of rotatable bonds is 6. The zero-order chi connectivity index (χ0) is 16.3. The number of nitrogens with zero attached hydrogens (tertiary/aromatic N) is 2. The lowest BCUT2D eigenvalue weighted by atomic mass is 10.0. The van der Waals surface area contributed by atoms with Crippen molar-refractivity contribution in [3.05, 3.63) is 29.8 Å². The Balaban J connectivity index is 0.00000264. The molecular formula is C16H25Cl2FN4O. The zero-order valence-electron chi connectivity index (χ0n) is 14.1. The predicted octanol–water partition coefficient (Wildman–Crippen LogP) is 2.59. The molecule has 0 unspecified atom stereocenters. The first-order valence-corrected chi connectivity index (χ1v) is 7.52. The molecule has 1 atom stereocenters. The quantitative estimate of drug-likeness (QED) is 0.810. The maximum atomic E-state index is 13.2. The summed E-state index contributed by atoms with van der Waals surface area (Å²) in [5.41, 5.74) is 7.33. The van der Waals surface area contributed by atoms with Crippen LogP contribution in [-0.4, -0.2) is 28.0 Å². The number of aryl methyl sites for hydroxylation is 1. The Kier molecular flexibility index (Phi) is 9.25. The molecule has 1 aromatic heterocycles. The minimum atomic E-state index is -0.477. The van der Waals surface area contributed by atoms with E-state index in [1.54, 1.807) is 6.07 Å². The van der Waals surface area contributed by atoms with E-state index in [2.05, 4.69) is 10.3 Å². The highest BCUT2D eigenvalue weighted by Gasteiger charge is 2.15. The third-order valence-electron chi connectivity index (χ3n) is 3.65. The number of fused-ring (bicyclic) bond motifs is 1. The molecule has 3 N–H and O–H groups in total. The molecule has 0 fully saturated rings. The van der Waals surface area contributed by atoms with Crippen LogP contribution in [0.15, 0.2) is 18.2 Å². The van der Waals surface area contributed by atoms with E-state index in [4.69, 9.17) is 5.73 Å². The number of aromatic nitrogens is 2. The number of amides is 1. The molecule has 0 spiro atoms. The highest BCUT2D eigenvalue weighted by molar-refractivity contribution is 5.85. The summed E-state index contributed by atoms with van der Waals surface area (Å²) in [7, 11) is 1.88. The number of imidazole rings is 1. The molecule has 0 aliphatic rings. The highest BCUT2D eigenvalue weighted by atomic mass is 35.5. The van der Waals surface area contributed by atoms with E-state index in [9.17, 15) is 9.18 Å². The third kappa shape index (κ3) is 5.61. The summed E-state index contributed by atoms with van der Waals surface area (Å²) < 4.78 is 15.1. The first kappa shape index (κ1) is 22.6. The Labute approximate surface area is 154 Å². The van der Waals surface area contributed by atoms with Crippen molar-refractivity contribution in [2.24, 2.45) is 18.7 Å². The summed E-state index contributed by atoms with van der Waals surface area (Å²) >= 11 is 0. The van der Waals surface area contributed by atoms with Crippen molar-refractivity contribution in [1.29, 1.82) is 0 Å². The van der Waals surface area contributed by atoms with E-state index in [0.29, 0.717) is 30.8 Å². The van der Waals surface area contributed by atoms with E-state index in [-0.39, 0.29) is 36.5 Å². The molecule has 136 valence electrons. The van der Waals surface area contributed by atoms with Crippen molar-refractivity contribution < 1.29 is 9.18 Å². The standard InChI is InChI=1S/C16H23FN4O.2ClH/c1-10(2)8-12(18)16(22)19-7-6-15-20-13-9-11(17)4-5-14(13)21(15)3;;/h4-5,9-10,12H,6-8,18H2,1-3H3,(H,19,22);2*1H/t12-;;/m0../s1. The number of carbonyl (C=O) groups excluding carboxylic acids is 1. The van der Waals surface area contributed by atoms with E-state index >= 15 is 0 Å². The van der Waals surface area contributed by atoms with Crippen LogP contribution in [0.2, 0.25) is 0 Å². The number of nitrogens with two attached hydrogens (primary N) is 1. The maximum Gasteiger partial charge on any atom is 0.236 e. The van der Waals surface area contributed by atoms with Crippen molar-refractivity contribution in [3.63, 3.8) is 0 Å². The van der Waals surface area contributed by atoms with Crippen molar-refractivity contribution in [3.8, 4) is 0 Å². The van der Waals surface area contributed by atoms with Gasteiger partial charge < -0.3 is 15.6 Å². The van der Waals surface area contributed by atoms with Crippen LogP contribution in [0, 0.1) is 11.7 Å². The SMILES string of the molecule is CC(C)C[C@H](N)C(=O)NCCc1nc2cc(F)ccc2n1C.Cl.Cl. The van der Waals surface area contributed by atoms with Gasteiger partial charge in [0.05, 0.1) is 17.1 Å². The zero-order valence-corrected chi connectivity index (χ0v) is 15.7. The fraction of sp³-hybridized carbons (Fsp3) is 0.500. The number of halogens is 3. The molecule has 5 nitrogen and oxygen atoms in total. The van der Waals surface area contributed by atoms with E-state index < -0.39 is 6.04 Å². The van der Waals surface area contributed by atoms with Gasteiger partial charge in [-0.15, -0.1) is 24.8 Å². The van der Waals surface area contributed by atoms with Crippen LogP contribution in [0.4, 0.5) is 4.39 Å². The average molecular weight is 379 g/mol. The topological polar surface area (TPSA) is 72.9 Å². The van der Waals surface area contributed by atoms with Crippen LogP contribution >= 0.6 is 24.8 Å². The fourth-order valence-electron chi connectivity index (χ4n) is 2.49. The van der Waals surface area contributed by atoms with Crippen LogP contribution in [0.25, 0.3) is 11.0 Å². The number of hydrogen-bond donors (Lipinski definition) is 2. The average Bonchev–Trinajstić information content (AvgIpc) is 2.74. The van der Waals surface area contributed by atoms with Gasteiger partial charge in [-0.1, -0.05) is 13.8 Å². The monoisotopic (exact) mass is 378 g/mol. The second-order valence-corrected chi connectivity index (χ2v) is 6.00. The van der Waals surface area contributed by atoms with Gasteiger partial charge in [0.15, 0.2) is 0 Å². The molecule has 0 bridgehead atoms. The first-order valence-electron chi connectivity index (χ1n) is 7.52. The summed E-state index contributed by atoms with van der Waals surface area (Å²) in [6, 6.07) is 4.06. The van der Waals surface area contributed by atoms with Gasteiger partial charge in [-0.25, -0.2) is 9.37 Å². The molecule has 0 aliphatic heterocycles. The summed E-state index contributed by atoms with van der Waals surface area (Å²) in [5.74, 6) is 0.748. The second-order valence-electron chi connectivity index (χ2n) is 6.00. The van der Waals surface area contributed by atoms with Crippen LogP contribution in [0.1, 0.15) is 26.1 Å². The van der Waals surface area contributed by atoms with Gasteiger partial charge in [-0.3, -0.25) is 4.79 Å². The van der Waals surface area contributed by atoms with Gasteiger partial charge in [-0.2, -0.15) is 0 Å². The summed E-state index contributed by atoms with van der Waals surface area (Å²) in [6.07, 6.45) is 1.24. The lowest BCUT2D eigenvalue weighted by Crippen LogP contribution is -2.42. The van der Waals surface area contributed by atoms with E-state index in [0.717, 1.165) is 11.3 Å². The van der Waals surface area contributed by atoms with Gasteiger partial charge >= 0.3 is 0 Å². The molecule has 1 heterocycles. The summed E-state index contributed by atoms with van der Waals surface area (Å²) in [6.45, 7) is 4.53. The molecule has 24 heavy (non-hydrogen) atoms. The maximum absolute atomic E-state index is 13.2. The van der Waals surface area contributed by atoms with Crippen molar-refractivity contribution in [1.82, 2.24) is 14.9 Å². The van der Waals surface area contributed by atoms with Crippen molar-refractivity contribution >= 4 is 41.8 Å². The highest BCUT2D eigenvalue weighted by Crippen LogP contribution is 2.16. The molecule has 1 aromatic carbocycles. The largest absolute Gasteiger partial charge is 0.354 e. The van der Waals surface area contributed by atoms with Gasteiger partial charge in [0, 0.05) is 26.1 Å². The van der Waals surface area contributed by atoms with Crippen LogP contribution in [0.3, 0.4) is 0 Å². The Morgan fingerprint density at radius 3 is 2.67 bits per heavy atom. The Bertz CT molecular complexity index is 675. The predicted molar refractivity (Wildman–Crippen MR) is 99.3 cm³/mol. The van der Waals surface area contributed by atoms with Gasteiger partial charge in [0.25, 0.3) is 0 Å². The van der Waals surface area contributed by atoms with Gasteiger partial charge in [0.2, 0.25) is 5.91 Å². The number of carbonyl (C=O) groups is 1. The fourth-order valence-corrected chi connectivity index (χ4v) is 2.49. The smallest absolute Gasteiger partial charge is 0.236 e. The minimum Gasteiger partial charge on any atom is -0.354 e. The first-order chi connectivity index (χ1) is 10.4. The van der Waals surface area contributed by atoms with Crippen molar-refractivity contribution in [2.45, 2.75) is 32.7 Å².